The molecule has 0 aliphatic carbocycles. The highest BCUT2D eigenvalue weighted by Gasteiger charge is 2.14. The lowest BCUT2D eigenvalue weighted by Gasteiger charge is -2.12. The Balaban J connectivity index is 1.99. The van der Waals surface area contributed by atoms with E-state index < -0.39 is 10.0 Å². The van der Waals surface area contributed by atoms with Gasteiger partial charge in [-0.1, -0.05) is 44.2 Å². The lowest BCUT2D eigenvalue weighted by Crippen LogP contribution is -2.21. The van der Waals surface area contributed by atoms with Crippen LogP contribution in [0.4, 0.5) is 5.82 Å². The summed E-state index contributed by atoms with van der Waals surface area (Å²) in [5, 5.41) is 4.15. The predicted octanol–water partition coefficient (Wildman–Crippen LogP) is 2.52. The maximum atomic E-state index is 12.2. The summed E-state index contributed by atoms with van der Waals surface area (Å²) in [4.78, 5) is 0. The number of benzene rings is 1. The summed E-state index contributed by atoms with van der Waals surface area (Å²) in [5.41, 5.74) is 1.01. The maximum absolute atomic E-state index is 12.2. The summed E-state index contributed by atoms with van der Waals surface area (Å²) < 4.78 is 28.6. The van der Waals surface area contributed by atoms with E-state index in [1.54, 1.807) is 16.9 Å². The zero-order chi connectivity index (χ0) is 15.3. The zero-order valence-corrected chi connectivity index (χ0v) is 13.2. The topological polar surface area (TPSA) is 64.0 Å². The highest BCUT2D eigenvalue weighted by atomic mass is 32.2. The quantitative estimate of drug-likeness (QED) is 0.855. The predicted molar refractivity (Wildman–Crippen MR) is 84.6 cm³/mol. The molecule has 0 saturated heterocycles. The molecule has 0 aliphatic rings. The molecule has 1 heterocycles. The number of nitrogens with zero attached hydrogens (tertiary/aromatic N) is 2. The van der Waals surface area contributed by atoms with E-state index in [-0.39, 0.29) is 5.75 Å². The average Bonchev–Trinajstić information content (AvgIpc) is 2.83. The van der Waals surface area contributed by atoms with E-state index in [0.29, 0.717) is 24.7 Å². The second kappa shape index (κ2) is 6.76. The molecule has 2 rings (SSSR count). The molecule has 2 aromatic rings. The van der Waals surface area contributed by atoms with Crippen LogP contribution in [0.5, 0.6) is 0 Å². The van der Waals surface area contributed by atoms with Crippen LogP contribution in [0.25, 0.3) is 0 Å². The number of hydrogen-bond acceptors (Lipinski definition) is 3. The summed E-state index contributed by atoms with van der Waals surface area (Å²) >= 11 is 0. The van der Waals surface area contributed by atoms with E-state index in [0.717, 1.165) is 5.56 Å². The fourth-order valence-electron chi connectivity index (χ4n) is 2.02. The third-order valence-corrected chi connectivity index (χ3v) is 4.28. The Morgan fingerprint density at radius 1 is 1.19 bits per heavy atom. The summed E-state index contributed by atoms with van der Waals surface area (Å²) in [6, 6.07) is 11.3. The van der Waals surface area contributed by atoms with Crippen molar-refractivity contribution >= 4 is 15.8 Å². The van der Waals surface area contributed by atoms with Crippen LogP contribution in [0.2, 0.25) is 0 Å². The molecular weight excluding hydrogens is 286 g/mol. The minimum atomic E-state index is -3.37. The molecule has 0 bridgehead atoms. The van der Waals surface area contributed by atoms with Crippen LogP contribution in [0.15, 0.2) is 42.6 Å². The van der Waals surface area contributed by atoms with Crippen LogP contribution in [0, 0.1) is 5.92 Å². The van der Waals surface area contributed by atoms with Gasteiger partial charge >= 0.3 is 0 Å². The number of hydrogen-bond donors (Lipinski definition) is 1. The van der Waals surface area contributed by atoms with Gasteiger partial charge in [0, 0.05) is 12.6 Å². The Kier molecular flexibility index (Phi) is 5.01. The maximum Gasteiger partial charge on any atom is 0.234 e. The lowest BCUT2D eigenvalue weighted by molar-refractivity contribution is 0.488. The van der Waals surface area contributed by atoms with Crippen molar-refractivity contribution in [2.75, 3.05) is 10.5 Å². The van der Waals surface area contributed by atoms with Crippen molar-refractivity contribution in [1.29, 1.82) is 0 Å². The van der Waals surface area contributed by atoms with Gasteiger partial charge in [-0.05, 0) is 17.9 Å². The fraction of sp³-hybridized carbons (Fsp3) is 0.400. The molecule has 0 saturated carbocycles. The first-order chi connectivity index (χ1) is 9.96. The molecule has 1 aromatic heterocycles. The van der Waals surface area contributed by atoms with Gasteiger partial charge in [0.05, 0.1) is 11.9 Å². The molecule has 0 amide bonds. The SMILES string of the molecule is CC(C)Cn1nccc1NS(=O)(=O)CCc1ccccc1. The van der Waals surface area contributed by atoms with Gasteiger partial charge in [0.25, 0.3) is 0 Å². The van der Waals surface area contributed by atoms with Crippen molar-refractivity contribution in [3.63, 3.8) is 0 Å². The van der Waals surface area contributed by atoms with Gasteiger partial charge in [0.1, 0.15) is 5.82 Å². The standard InChI is InChI=1S/C15H21N3O2S/c1-13(2)12-18-15(8-10-16-18)17-21(19,20)11-9-14-6-4-3-5-7-14/h3-8,10,13,17H,9,11-12H2,1-2H3. The van der Waals surface area contributed by atoms with Crippen LogP contribution in [0.1, 0.15) is 19.4 Å². The number of rotatable bonds is 7. The molecule has 0 unspecified atom stereocenters. The summed E-state index contributed by atoms with van der Waals surface area (Å²) in [6.07, 6.45) is 2.10. The molecular formula is C15H21N3O2S. The normalized spacial score (nSPS) is 11.8. The molecule has 5 nitrogen and oxygen atoms in total. The molecule has 1 N–H and O–H groups in total. The van der Waals surface area contributed by atoms with E-state index in [1.165, 1.54) is 0 Å². The Morgan fingerprint density at radius 3 is 2.57 bits per heavy atom. The van der Waals surface area contributed by atoms with Gasteiger partial charge in [-0.15, -0.1) is 0 Å². The summed E-state index contributed by atoms with van der Waals surface area (Å²) in [6.45, 7) is 4.81. The van der Waals surface area contributed by atoms with Crippen LogP contribution < -0.4 is 4.72 Å². The van der Waals surface area contributed by atoms with Crippen molar-refractivity contribution in [3.8, 4) is 0 Å². The summed E-state index contributed by atoms with van der Waals surface area (Å²) in [5.74, 6) is 0.985. The van der Waals surface area contributed by atoms with E-state index in [4.69, 9.17) is 0 Å². The van der Waals surface area contributed by atoms with E-state index in [9.17, 15) is 8.42 Å². The third kappa shape index (κ3) is 4.90. The molecule has 0 radical (unpaired) electrons. The first-order valence-corrected chi connectivity index (χ1v) is 8.68. The minimum absolute atomic E-state index is 0.0594. The van der Waals surface area contributed by atoms with Crippen LogP contribution >= 0.6 is 0 Å². The highest BCUT2D eigenvalue weighted by Crippen LogP contribution is 2.12. The van der Waals surface area contributed by atoms with Gasteiger partial charge in [0.2, 0.25) is 10.0 Å². The Bertz CT molecular complexity index is 663. The molecule has 0 atom stereocenters. The molecule has 21 heavy (non-hydrogen) atoms. The highest BCUT2D eigenvalue weighted by molar-refractivity contribution is 7.92. The monoisotopic (exact) mass is 307 g/mol. The number of nitrogens with one attached hydrogen (secondary N) is 1. The van der Waals surface area contributed by atoms with Gasteiger partial charge in [-0.25, -0.2) is 13.1 Å². The Hall–Kier alpha value is -1.82. The largest absolute Gasteiger partial charge is 0.268 e. The molecule has 1 aromatic carbocycles. The second-order valence-electron chi connectivity index (χ2n) is 5.45. The molecule has 6 heteroatoms. The minimum Gasteiger partial charge on any atom is -0.268 e. The number of sulfonamides is 1. The number of aryl methyl sites for hydroxylation is 1. The smallest absolute Gasteiger partial charge is 0.234 e. The van der Waals surface area contributed by atoms with Crippen molar-refractivity contribution in [1.82, 2.24) is 9.78 Å². The van der Waals surface area contributed by atoms with E-state index >= 15 is 0 Å². The van der Waals surface area contributed by atoms with Gasteiger partial charge < -0.3 is 0 Å². The van der Waals surface area contributed by atoms with E-state index in [1.807, 2.05) is 30.3 Å². The molecule has 0 spiro atoms. The summed E-state index contributed by atoms with van der Waals surface area (Å²) in [7, 11) is -3.37. The van der Waals surface area contributed by atoms with Crippen molar-refractivity contribution in [2.24, 2.45) is 5.92 Å². The Labute approximate surface area is 126 Å². The Morgan fingerprint density at radius 2 is 1.90 bits per heavy atom. The average molecular weight is 307 g/mol. The number of aromatic nitrogens is 2. The molecule has 0 fully saturated rings. The van der Waals surface area contributed by atoms with Gasteiger partial charge in [-0.3, -0.25) is 4.72 Å². The second-order valence-corrected chi connectivity index (χ2v) is 7.29. The third-order valence-electron chi connectivity index (χ3n) is 3.02. The van der Waals surface area contributed by atoms with Gasteiger partial charge in [-0.2, -0.15) is 5.10 Å². The first-order valence-electron chi connectivity index (χ1n) is 7.02. The van der Waals surface area contributed by atoms with E-state index in [2.05, 4.69) is 23.7 Å². The van der Waals surface area contributed by atoms with Crippen LogP contribution in [-0.4, -0.2) is 24.0 Å². The van der Waals surface area contributed by atoms with Crippen molar-refractivity contribution < 1.29 is 8.42 Å². The fourth-order valence-corrected chi connectivity index (χ4v) is 3.12. The van der Waals surface area contributed by atoms with Crippen LogP contribution in [0.3, 0.4) is 0 Å². The number of anilines is 1. The first kappa shape index (κ1) is 15.6. The van der Waals surface area contributed by atoms with Crippen LogP contribution in [-0.2, 0) is 23.0 Å². The molecule has 114 valence electrons. The zero-order valence-electron chi connectivity index (χ0n) is 12.4. The molecule has 0 aliphatic heterocycles. The van der Waals surface area contributed by atoms with Crippen molar-refractivity contribution in [3.05, 3.63) is 48.2 Å². The van der Waals surface area contributed by atoms with Crippen molar-refractivity contribution in [2.45, 2.75) is 26.8 Å². The lowest BCUT2D eigenvalue weighted by atomic mass is 10.2. The van der Waals surface area contributed by atoms with Gasteiger partial charge in [0.15, 0.2) is 0 Å².